The molecule has 0 aliphatic heterocycles. The monoisotopic (exact) mass is 366 g/mol. The van der Waals surface area contributed by atoms with Crippen LogP contribution in [0.1, 0.15) is 23.3 Å². The number of sulfonamides is 1. The zero-order valence-corrected chi connectivity index (χ0v) is 15.2. The average Bonchev–Trinajstić information content (AvgIpc) is 3.01. The van der Waals surface area contributed by atoms with E-state index in [1.54, 1.807) is 16.6 Å². The molecule has 0 aliphatic carbocycles. The smallest absolute Gasteiger partial charge is 0.240 e. The molecule has 0 radical (unpaired) electrons. The first kappa shape index (κ1) is 16.9. The van der Waals surface area contributed by atoms with Gasteiger partial charge in [-0.3, -0.25) is 0 Å². The standard InChI is InChI=1S/C15H18N4O3S2/c1-4-22-12-5-7-13(8-6-12)24(20,21)16-9-14-10(2)17-15-19(14)18-11(3)23-15/h5-8,16H,4,9H2,1-3H3. The number of nitrogens with one attached hydrogen (secondary N) is 1. The number of aryl methyl sites for hydroxylation is 2. The molecule has 0 saturated heterocycles. The minimum absolute atomic E-state index is 0.131. The summed E-state index contributed by atoms with van der Waals surface area (Å²) in [6.07, 6.45) is 0. The molecule has 3 rings (SSSR count). The van der Waals surface area contributed by atoms with E-state index in [0.29, 0.717) is 12.4 Å². The van der Waals surface area contributed by atoms with Gasteiger partial charge in [0.1, 0.15) is 10.8 Å². The number of ether oxygens (including phenoxy) is 1. The van der Waals surface area contributed by atoms with E-state index in [0.717, 1.165) is 21.4 Å². The van der Waals surface area contributed by atoms with Gasteiger partial charge in [0, 0.05) is 0 Å². The second-order valence-electron chi connectivity index (χ2n) is 5.19. The lowest BCUT2D eigenvalue weighted by Gasteiger charge is -2.08. The minimum Gasteiger partial charge on any atom is -0.494 e. The SMILES string of the molecule is CCOc1ccc(S(=O)(=O)NCc2c(C)nc3sc(C)nn23)cc1. The fourth-order valence-corrected chi connectivity index (χ4v) is 4.11. The van der Waals surface area contributed by atoms with Crippen molar-refractivity contribution in [3.63, 3.8) is 0 Å². The number of fused-ring (bicyclic) bond motifs is 1. The maximum atomic E-state index is 12.4. The second-order valence-corrected chi connectivity index (χ2v) is 8.12. The summed E-state index contributed by atoms with van der Waals surface area (Å²) in [7, 11) is -3.62. The van der Waals surface area contributed by atoms with E-state index in [4.69, 9.17) is 4.74 Å². The predicted molar refractivity (Wildman–Crippen MR) is 92.0 cm³/mol. The maximum absolute atomic E-state index is 12.4. The maximum Gasteiger partial charge on any atom is 0.240 e. The van der Waals surface area contributed by atoms with Gasteiger partial charge in [-0.1, -0.05) is 11.3 Å². The quantitative estimate of drug-likeness (QED) is 0.723. The Balaban J connectivity index is 1.80. The molecule has 0 unspecified atom stereocenters. The van der Waals surface area contributed by atoms with E-state index in [1.807, 2.05) is 20.8 Å². The van der Waals surface area contributed by atoms with Crippen LogP contribution in [-0.2, 0) is 16.6 Å². The van der Waals surface area contributed by atoms with Crippen molar-refractivity contribution in [2.45, 2.75) is 32.2 Å². The van der Waals surface area contributed by atoms with Crippen molar-refractivity contribution < 1.29 is 13.2 Å². The third kappa shape index (κ3) is 3.28. The molecule has 0 fully saturated rings. The normalized spacial score (nSPS) is 12.0. The van der Waals surface area contributed by atoms with Gasteiger partial charge in [0.05, 0.1) is 29.4 Å². The topological polar surface area (TPSA) is 85.6 Å². The second kappa shape index (κ2) is 6.50. The third-order valence-electron chi connectivity index (χ3n) is 3.47. The molecule has 0 aliphatic rings. The molecule has 0 amide bonds. The Hall–Kier alpha value is -1.97. The highest BCUT2D eigenvalue weighted by molar-refractivity contribution is 7.89. The molecule has 24 heavy (non-hydrogen) atoms. The van der Waals surface area contributed by atoms with E-state index in [2.05, 4.69) is 14.8 Å². The number of rotatable bonds is 6. The van der Waals surface area contributed by atoms with Crippen LogP contribution in [0.15, 0.2) is 29.2 Å². The van der Waals surface area contributed by atoms with E-state index in [-0.39, 0.29) is 11.4 Å². The Bertz CT molecular complexity index is 959. The van der Waals surface area contributed by atoms with Crippen LogP contribution < -0.4 is 9.46 Å². The molecule has 1 aromatic carbocycles. The van der Waals surface area contributed by atoms with E-state index in [9.17, 15) is 8.42 Å². The van der Waals surface area contributed by atoms with Gasteiger partial charge in [-0.15, -0.1) is 0 Å². The van der Waals surface area contributed by atoms with Gasteiger partial charge < -0.3 is 4.74 Å². The Labute approximate surface area is 144 Å². The van der Waals surface area contributed by atoms with Gasteiger partial charge in [-0.25, -0.2) is 22.6 Å². The highest BCUT2D eigenvalue weighted by atomic mass is 32.2. The van der Waals surface area contributed by atoms with Gasteiger partial charge in [0.15, 0.2) is 0 Å². The summed E-state index contributed by atoms with van der Waals surface area (Å²) in [5, 5.41) is 5.24. The molecule has 7 nitrogen and oxygen atoms in total. The van der Waals surface area contributed by atoms with Crippen LogP contribution in [-0.4, -0.2) is 29.6 Å². The van der Waals surface area contributed by atoms with Crippen molar-refractivity contribution in [2.75, 3.05) is 6.61 Å². The minimum atomic E-state index is -3.62. The highest BCUT2D eigenvalue weighted by Crippen LogP contribution is 2.19. The summed E-state index contributed by atoms with van der Waals surface area (Å²) >= 11 is 1.47. The summed E-state index contributed by atoms with van der Waals surface area (Å²) in [4.78, 5) is 5.36. The van der Waals surface area contributed by atoms with Gasteiger partial charge >= 0.3 is 0 Å². The molecule has 3 aromatic rings. The summed E-state index contributed by atoms with van der Waals surface area (Å²) in [6, 6.07) is 6.34. The lowest BCUT2D eigenvalue weighted by Crippen LogP contribution is -2.24. The Morgan fingerprint density at radius 3 is 2.62 bits per heavy atom. The molecular weight excluding hydrogens is 348 g/mol. The fourth-order valence-electron chi connectivity index (χ4n) is 2.32. The first-order valence-electron chi connectivity index (χ1n) is 7.45. The van der Waals surface area contributed by atoms with Crippen LogP contribution >= 0.6 is 11.3 Å². The van der Waals surface area contributed by atoms with Crippen molar-refractivity contribution in [2.24, 2.45) is 0 Å². The van der Waals surface area contributed by atoms with Crippen molar-refractivity contribution in [3.05, 3.63) is 40.7 Å². The number of hydrogen-bond acceptors (Lipinski definition) is 6. The highest BCUT2D eigenvalue weighted by Gasteiger charge is 2.18. The predicted octanol–water partition coefficient (Wildman–Crippen LogP) is 2.28. The lowest BCUT2D eigenvalue weighted by molar-refractivity contribution is 0.340. The van der Waals surface area contributed by atoms with Crippen LogP contribution in [0.4, 0.5) is 0 Å². The summed E-state index contributed by atoms with van der Waals surface area (Å²) < 4.78 is 34.5. The Morgan fingerprint density at radius 2 is 1.96 bits per heavy atom. The first-order valence-corrected chi connectivity index (χ1v) is 9.75. The van der Waals surface area contributed by atoms with Crippen molar-refractivity contribution >= 4 is 26.3 Å². The fraction of sp³-hybridized carbons (Fsp3) is 0.333. The molecule has 2 heterocycles. The van der Waals surface area contributed by atoms with Crippen LogP contribution in [0.25, 0.3) is 4.96 Å². The molecule has 2 aromatic heterocycles. The van der Waals surface area contributed by atoms with E-state index < -0.39 is 10.0 Å². The Morgan fingerprint density at radius 1 is 1.25 bits per heavy atom. The van der Waals surface area contributed by atoms with Crippen molar-refractivity contribution in [3.8, 4) is 5.75 Å². The van der Waals surface area contributed by atoms with E-state index in [1.165, 1.54) is 23.5 Å². The number of aromatic nitrogens is 3. The largest absolute Gasteiger partial charge is 0.494 e. The van der Waals surface area contributed by atoms with Crippen LogP contribution in [0.5, 0.6) is 5.75 Å². The van der Waals surface area contributed by atoms with Crippen LogP contribution in [0, 0.1) is 13.8 Å². The van der Waals surface area contributed by atoms with Gasteiger partial charge in [-0.05, 0) is 45.0 Å². The van der Waals surface area contributed by atoms with Gasteiger partial charge in [0.25, 0.3) is 0 Å². The van der Waals surface area contributed by atoms with Gasteiger partial charge in [-0.2, -0.15) is 5.10 Å². The molecule has 0 saturated carbocycles. The summed E-state index contributed by atoms with van der Waals surface area (Å²) in [5.41, 5.74) is 1.51. The Kier molecular flexibility index (Phi) is 4.57. The molecule has 1 N–H and O–H groups in total. The average molecular weight is 366 g/mol. The number of benzene rings is 1. The van der Waals surface area contributed by atoms with Gasteiger partial charge in [0.2, 0.25) is 15.0 Å². The summed E-state index contributed by atoms with van der Waals surface area (Å²) in [5.74, 6) is 0.641. The molecule has 9 heteroatoms. The first-order chi connectivity index (χ1) is 11.4. The molecule has 0 atom stereocenters. The van der Waals surface area contributed by atoms with Crippen molar-refractivity contribution in [1.29, 1.82) is 0 Å². The number of nitrogens with zero attached hydrogens (tertiary/aromatic N) is 3. The van der Waals surface area contributed by atoms with E-state index >= 15 is 0 Å². The molecule has 0 spiro atoms. The van der Waals surface area contributed by atoms with Crippen molar-refractivity contribution in [1.82, 2.24) is 19.3 Å². The third-order valence-corrected chi connectivity index (χ3v) is 5.71. The number of hydrogen-bond donors (Lipinski definition) is 1. The van der Waals surface area contributed by atoms with Crippen LogP contribution in [0.3, 0.4) is 0 Å². The summed E-state index contributed by atoms with van der Waals surface area (Å²) in [6.45, 7) is 6.28. The zero-order valence-electron chi connectivity index (χ0n) is 13.6. The van der Waals surface area contributed by atoms with Crippen LogP contribution in [0.2, 0.25) is 0 Å². The zero-order chi connectivity index (χ0) is 17.3. The number of imidazole rings is 1. The molecular formula is C15H18N4O3S2. The lowest BCUT2D eigenvalue weighted by atomic mass is 10.3. The molecule has 0 bridgehead atoms. The molecule has 128 valence electrons.